The van der Waals surface area contributed by atoms with Crippen LogP contribution in [0.3, 0.4) is 0 Å². The van der Waals surface area contributed by atoms with E-state index >= 15 is 0 Å². The number of aliphatic hydroxyl groups excluding tert-OH is 1. The highest BCUT2D eigenvalue weighted by molar-refractivity contribution is 5.92. The van der Waals surface area contributed by atoms with Gasteiger partial charge in [-0.1, -0.05) is 0 Å². The van der Waals surface area contributed by atoms with Crippen molar-refractivity contribution in [2.75, 3.05) is 26.2 Å². The average molecular weight is 306 g/mol. The van der Waals surface area contributed by atoms with E-state index in [9.17, 15) is 9.90 Å². The van der Waals surface area contributed by atoms with Crippen molar-refractivity contribution < 1.29 is 14.3 Å². The number of nitrogens with zero attached hydrogens (tertiary/aromatic N) is 1. The molecule has 22 heavy (non-hydrogen) atoms. The first-order valence-electron chi connectivity index (χ1n) is 8.36. The Morgan fingerprint density at radius 1 is 1.41 bits per heavy atom. The number of rotatable bonds is 6. The topological polar surface area (TPSA) is 65.7 Å². The highest BCUT2D eigenvalue weighted by atomic mass is 16.3. The Morgan fingerprint density at radius 2 is 2.14 bits per heavy atom. The smallest absolute Gasteiger partial charge is 0.287 e. The normalized spacial score (nSPS) is 21.7. The van der Waals surface area contributed by atoms with Gasteiger partial charge < -0.3 is 19.7 Å². The second kappa shape index (κ2) is 6.84. The van der Waals surface area contributed by atoms with Crippen LogP contribution in [0, 0.1) is 18.8 Å². The van der Waals surface area contributed by atoms with Crippen molar-refractivity contribution in [3.63, 3.8) is 0 Å². The fourth-order valence-electron chi connectivity index (χ4n) is 3.19. The van der Waals surface area contributed by atoms with Gasteiger partial charge in [0.2, 0.25) is 0 Å². The van der Waals surface area contributed by atoms with Crippen LogP contribution in [0.2, 0.25) is 0 Å². The van der Waals surface area contributed by atoms with Gasteiger partial charge in [0.15, 0.2) is 5.76 Å². The number of carbonyl (C=O) groups is 1. The Balaban J connectivity index is 1.37. The van der Waals surface area contributed by atoms with E-state index in [0.717, 1.165) is 38.0 Å². The number of β-amino-alcohol motifs (C(OH)–C–C–N with tert-alkyl or cyclic N) is 1. The van der Waals surface area contributed by atoms with Gasteiger partial charge in [-0.2, -0.15) is 0 Å². The van der Waals surface area contributed by atoms with Gasteiger partial charge >= 0.3 is 0 Å². The maximum atomic E-state index is 12.0. The first-order valence-corrected chi connectivity index (χ1v) is 8.36. The summed E-state index contributed by atoms with van der Waals surface area (Å²) < 4.78 is 5.21. The lowest BCUT2D eigenvalue weighted by atomic mass is 9.96. The zero-order chi connectivity index (χ0) is 15.5. The molecule has 1 unspecified atom stereocenters. The summed E-state index contributed by atoms with van der Waals surface area (Å²) in [5.41, 5.74) is 0.876. The summed E-state index contributed by atoms with van der Waals surface area (Å²) in [6.45, 7) is 5.43. The summed E-state index contributed by atoms with van der Waals surface area (Å²) >= 11 is 0. The number of aliphatic hydroxyl groups is 1. The minimum absolute atomic E-state index is 0.117. The van der Waals surface area contributed by atoms with Crippen molar-refractivity contribution in [1.29, 1.82) is 0 Å². The fraction of sp³-hybridized carbons (Fsp3) is 0.706. The molecule has 1 atom stereocenters. The molecule has 2 heterocycles. The summed E-state index contributed by atoms with van der Waals surface area (Å²) in [7, 11) is 0. The van der Waals surface area contributed by atoms with Crippen LogP contribution in [-0.4, -0.2) is 48.2 Å². The molecule has 0 aromatic carbocycles. The van der Waals surface area contributed by atoms with Crippen molar-refractivity contribution >= 4 is 5.91 Å². The van der Waals surface area contributed by atoms with Crippen LogP contribution in [0.15, 0.2) is 16.7 Å². The van der Waals surface area contributed by atoms with E-state index in [1.807, 2.05) is 6.92 Å². The first kappa shape index (κ1) is 15.6. The van der Waals surface area contributed by atoms with Gasteiger partial charge in [-0.25, -0.2) is 0 Å². The number of furan rings is 1. The molecule has 1 saturated carbocycles. The van der Waals surface area contributed by atoms with Crippen LogP contribution in [0.25, 0.3) is 0 Å². The summed E-state index contributed by atoms with van der Waals surface area (Å²) in [6.07, 6.45) is 5.95. The average Bonchev–Trinajstić information content (AvgIpc) is 3.28. The molecule has 5 nitrogen and oxygen atoms in total. The van der Waals surface area contributed by atoms with E-state index in [4.69, 9.17) is 4.42 Å². The minimum Gasteiger partial charge on any atom is -0.459 e. The van der Waals surface area contributed by atoms with Gasteiger partial charge in [-0.3, -0.25) is 4.79 Å². The van der Waals surface area contributed by atoms with E-state index < -0.39 is 0 Å². The third-order valence-corrected chi connectivity index (χ3v) is 4.94. The molecule has 3 rings (SSSR count). The Kier molecular flexibility index (Phi) is 4.84. The molecule has 1 saturated heterocycles. The van der Waals surface area contributed by atoms with Crippen molar-refractivity contribution in [1.82, 2.24) is 10.2 Å². The number of piperidine rings is 1. The third kappa shape index (κ3) is 3.90. The predicted octanol–water partition coefficient (Wildman–Crippen LogP) is 1.80. The van der Waals surface area contributed by atoms with Crippen LogP contribution in [-0.2, 0) is 0 Å². The summed E-state index contributed by atoms with van der Waals surface area (Å²) in [6, 6.07) is 1.80. The van der Waals surface area contributed by atoms with Crippen LogP contribution < -0.4 is 5.32 Å². The molecule has 1 aromatic rings. The second-order valence-corrected chi connectivity index (χ2v) is 6.79. The number of aryl methyl sites for hydroxylation is 1. The molecule has 2 N–H and O–H groups in total. The minimum atomic E-state index is -0.141. The van der Waals surface area contributed by atoms with Gasteiger partial charge in [0.05, 0.1) is 12.4 Å². The van der Waals surface area contributed by atoms with Gasteiger partial charge in [-0.05, 0) is 63.6 Å². The third-order valence-electron chi connectivity index (χ3n) is 4.94. The zero-order valence-corrected chi connectivity index (χ0v) is 13.3. The highest BCUT2D eigenvalue weighted by Gasteiger charge is 2.31. The molecule has 5 heteroatoms. The quantitative estimate of drug-likeness (QED) is 0.841. The van der Waals surface area contributed by atoms with E-state index in [-0.39, 0.29) is 12.0 Å². The van der Waals surface area contributed by atoms with E-state index in [2.05, 4.69) is 10.2 Å². The molecule has 0 radical (unpaired) electrons. The molecule has 1 amide bonds. The molecular formula is C17H26N2O3. The number of hydrogen-bond acceptors (Lipinski definition) is 4. The molecule has 1 aliphatic heterocycles. The Labute approximate surface area is 131 Å². The lowest BCUT2D eigenvalue weighted by Crippen LogP contribution is -2.42. The van der Waals surface area contributed by atoms with Gasteiger partial charge in [-0.15, -0.1) is 0 Å². The van der Waals surface area contributed by atoms with Gasteiger partial charge in [0.25, 0.3) is 5.91 Å². The Morgan fingerprint density at radius 3 is 2.73 bits per heavy atom. The van der Waals surface area contributed by atoms with Crippen molar-refractivity contribution in [3.05, 3.63) is 23.7 Å². The summed E-state index contributed by atoms with van der Waals surface area (Å²) in [5, 5.41) is 13.0. The number of hydrogen-bond donors (Lipinski definition) is 2. The van der Waals surface area contributed by atoms with Gasteiger partial charge in [0, 0.05) is 18.7 Å². The monoisotopic (exact) mass is 306 g/mol. The molecule has 0 spiro atoms. The summed E-state index contributed by atoms with van der Waals surface area (Å²) in [5.74, 6) is 1.38. The largest absolute Gasteiger partial charge is 0.459 e. The molecule has 2 aliphatic rings. The van der Waals surface area contributed by atoms with Crippen LogP contribution >= 0.6 is 0 Å². The van der Waals surface area contributed by atoms with E-state index in [1.54, 1.807) is 12.3 Å². The molecule has 122 valence electrons. The van der Waals surface area contributed by atoms with Crippen LogP contribution in [0.5, 0.6) is 0 Å². The van der Waals surface area contributed by atoms with Gasteiger partial charge in [0.1, 0.15) is 0 Å². The van der Waals surface area contributed by atoms with E-state index in [0.29, 0.717) is 24.1 Å². The van der Waals surface area contributed by atoms with E-state index in [1.165, 1.54) is 12.8 Å². The second-order valence-electron chi connectivity index (χ2n) is 6.79. The number of carbonyl (C=O) groups excluding carboxylic acids is 1. The molecule has 1 aliphatic carbocycles. The lowest BCUT2D eigenvalue weighted by molar-refractivity contribution is 0.0741. The van der Waals surface area contributed by atoms with Crippen molar-refractivity contribution in [2.45, 2.75) is 38.7 Å². The lowest BCUT2D eigenvalue weighted by Gasteiger charge is -2.33. The molecule has 1 aromatic heterocycles. The molecule has 2 fully saturated rings. The first-order chi connectivity index (χ1) is 10.6. The summed E-state index contributed by atoms with van der Waals surface area (Å²) in [4.78, 5) is 14.4. The van der Waals surface area contributed by atoms with Crippen molar-refractivity contribution in [3.8, 4) is 0 Å². The number of amides is 1. The Hall–Kier alpha value is -1.33. The number of nitrogens with one attached hydrogen (secondary N) is 1. The Bertz CT molecular complexity index is 502. The van der Waals surface area contributed by atoms with Crippen LogP contribution in [0.4, 0.5) is 0 Å². The predicted molar refractivity (Wildman–Crippen MR) is 83.7 cm³/mol. The standard InChI is InChI=1S/C17H26N2O3/c1-12-6-9-22-16(12)17(21)18-10-13-4-7-19(8-5-13)11-15(20)14-2-3-14/h6,9,13-15,20H,2-5,7-8,10-11H2,1H3,(H,18,21). The molecule has 0 bridgehead atoms. The molecular weight excluding hydrogens is 280 g/mol. The maximum absolute atomic E-state index is 12.0. The fourth-order valence-corrected chi connectivity index (χ4v) is 3.19. The number of likely N-dealkylation sites (tertiary alicyclic amines) is 1. The SMILES string of the molecule is Cc1ccoc1C(=O)NCC1CCN(CC(O)C2CC2)CC1. The van der Waals surface area contributed by atoms with Crippen molar-refractivity contribution in [2.24, 2.45) is 11.8 Å². The zero-order valence-electron chi connectivity index (χ0n) is 13.3. The van der Waals surface area contributed by atoms with Crippen LogP contribution in [0.1, 0.15) is 41.8 Å². The highest BCUT2D eigenvalue weighted by Crippen LogP contribution is 2.33. The maximum Gasteiger partial charge on any atom is 0.287 e.